The molecule has 2 atom stereocenters. The zero-order valence-electron chi connectivity index (χ0n) is 26.0. The van der Waals surface area contributed by atoms with E-state index in [2.05, 4.69) is 23.6 Å². The van der Waals surface area contributed by atoms with Gasteiger partial charge in [-0.25, -0.2) is 0 Å². The summed E-state index contributed by atoms with van der Waals surface area (Å²) in [5.74, 6) is 2.51. The molecular weight excluding hydrogens is 620 g/mol. The maximum absolute atomic E-state index is 13.5. The number of ether oxygens (including phenoxy) is 4. The van der Waals surface area contributed by atoms with Crippen molar-refractivity contribution in [1.29, 1.82) is 5.26 Å². The molecule has 242 valence electrons. The summed E-state index contributed by atoms with van der Waals surface area (Å²) in [6.45, 7) is 4.42. The minimum atomic E-state index is -0.234. The highest BCUT2D eigenvalue weighted by Gasteiger charge is 2.25. The van der Waals surface area contributed by atoms with Crippen molar-refractivity contribution in [3.05, 3.63) is 111 Å². The molecular formula is C36H35ClN4O6. The number of nitriles is 1. The van der Waals surface area contributed by atoms with Gasteiger partial charge in [0.15, 0.2) is 11.5 Å². The fourth-order valence-electron chi connectivity index (χ4n) is 5.68. The van der Waals surface area contributed by atoms with Crippen molar-refractivity contribution < 1.29 is 23.7 Å². The highest BCUT2D eigenvalue weighted by Crippen LogP contribution is 2.35. The number of pyridine rings is 1. The van der Waals surface area contributed by atoms with E-state index in [1.54, 1.807) is 54.7 Å². The molecule has 2 unspecified atom stereocenters. The van der Waals surface area contributed by atoms with Crippen LogP contribution in [0.25, 0.3) is 5.69 Å². The van der Waals surface area contributed by atoms with E-state index in [-0.39, 0.29) is 36.6 Å². The number of aromatic nitrogens is 1. The van der Waals surface area contributed by atoms with Gasteiger partial charge in [0.05, 0.1) is 27.9 Å². The second-order valence-electron chi connectivity index (χ2n) is 11.6. The Labute approximate surface area is 277 Å². The van der Waals surface area contributed by atoms with Crippen LogP contribution in [0, 0.1) is 17.2 Å². The summed E-state index contributed by atoms with van der Waals surface area (Å²) >= 11 is 6.72. The second-order valence-corrected chi connectivity index (χ2v) is 12.0. The number of amides is 1. The number of carbonyl (C=O) groups is 1. The standard InChI is InChI=1S/C36H35ClN4O6/c1-23(30-8-10-35(42)40-30)19-39-20-27-15-29(37)33(17-32(27)46-21-25-5-2-4-24(14-25)18-38)47-22-26-6-3-11-41(36(26)43)28-7-9-31-34(16-28)45-13-12-44-31/h2-7,9,11,14-17,23,30,39H,8,10,12-13,19-22H2,1H3,(H,40,42). The Bertz CT molecular complexity index is 1870. The fourth-order valence-corrected chi connectivity index (χ4v) is 5.92. The molecule has 0 spiro atoms. The van der Waals surface area contributed by atoms with Gasteiger partial charge >= 0.3 is 0 Å². The summed E-state index contributed by atoms with van der Waals surface area (Å²) in [6.07, 6.45) is 3.09. The van der Waals surface area contributed by atoms with E-state index in [0.29, 0.717) is 77.6 Å². The first kappa shape index (κ1) is 32.0. The molecule has 1 amide bonds. The SMILES string of the molecule is CC(CNCc1cc(Cl)c(OCc2cccn(-c3ccc4c(c3)OCCO4)c2=O)cc1OCc1cccc(C#N)c1)C1CCC(=O)N1. The van der Waals surface area contributed by atoms with Crippen molar-refractivity contribution in [1.82, 2.24) is 15.2 Å². The van der Waals surface area contributed by atoms with Gasteiger partial charge in [-0.05, 0) is 66.9 Å². The molecule has 1 fully saturated rings. The van der Waals surface area contributed by atoms with Gasteiger partial charge in [0.2, 0.25) is 5.91 Å². The quantitative estimate of drug-likeness (QED) is 0.211. The Morgan fingerprint density at radius 1 is 1.00 bits per heavy atom. The van der Waals surface area contributed by atoms with Crippen LogP contribution in [0.15, 0.2) is 77.7 Å². The van der Waals surface area contributed by atoms with Gasteiger partial charge in [-0.3, -0.25) is 14.2 Å². The Morgan fingerprint density at radius 2 is 1.83 bits per heavy atom. The predicted octanol–water partition coefficient (Wildman–Crippen LogP) is 5.30. The molecule has 2 aliphatic heterocycles. The van der Waals surface area contributed by atoms with Gasteiger partial charge in [-0.1, -0.05) is 30.7 Å². The number of carbonyl (C=O) groups excluding carboxylic acids is 1. The Balaban J connectivity index is 1.19. The monoisotopic (exact) mass is 654 g/mol. The molecule has 10 nitrogen and oxygen atoms in total. The lowest BCUT2D eigenvalue weighted by molar-refractivity contribution is -0.119. The summed E-state index contributed by atoms with van der Waals surface area (Å²) < 4.78 is 25.2. The molecule has 6 rings (SSSR count). The van der Waals surface area contributed by atoms with Crippen LogP contribution in [0.4, 0.5) is 0 Å². The van der Waals surface area contributed by atoms with E-state index in [1.807, 2.05) is 18.2 Å². The largest absolute Gasteiger partial charge is 0.488 e. The molecule has 2 N–H and O–H groups in total. The molecule has 3 heterocycles. The Morgan fingerprint density at radius 3 is 2.64 bits per heavy atom. The van der Waals surface area contributed by atoms with Crippen LogP contribution in [-0.2, 0) is 24.6 Å². The summed E-state index contributed by atoms with van der Waals surface area (Å²) in [5, 5.41) is 16.2. The van der Waals surface area contributed by atoms with E-state index in [0.717, 1.165) is 17.5 Å². The summed E-state index contributed by atoms with van der Waals surface area (Å²) in [6, 6.07) is 22.0. The number of hydrogen-bond acceptors (Lipinski definition) is 8. The molecule has 2 aliphatic rings. The lowest BCUT2D eigenvalue weighted by Crippen LogP contribution is -2.36. The van der Waals surface area contributed by atoms with Gasteiger partial charge in [0.25, 0.3) is 5.56 Å². The number of fused-ring (bicyclic) bond motifs is 1. The first-order valence-corrected chi connectivity index (χ1v) is 15.9. The van der Waals surface area contributed by atoms with E-state index in [4.69, 9.17) is 30.5 Å². The van der Waals surface area contributed by atoms with E-state index in [1.165, 1.54) is 4.57 Å². The van der Waals surface area contributed by atoms with Gasteiger partial charge in [0.1, 0.15) is 37.9 Å². The van der Waals surface area contributed by atoms with Crippen LogP contribution in [0.2, 0.25) is 5.02 Å². The molecule has 0 aliphatic carbocycles. The van der Waals surface area contributed by atoms with Crippen molar-refractivity contribution in [2.45, 2.75) is 45.6 Å². The Kier molecular flexibility index (Phi) is 9.95. The first-order chi connectivity index (χ1) is 22.9. The van der Waals surface area contributed by atoms with Crippen LogP contribution < -0.4 is 35.1 Å². The summed E-state index contributed by atoms with van der Waals surface area (Å²) in [5.41, 5.74) is 3.07. The molecule has 3 aromatic carbocycles. The third kappa shape index (κ3) is 7.71. The molecule has 1 aromatic heterocycles. The molecule has 4 aromatic rings. The number of benzene rings is 3. The highest BCUT2D eigenvalue weighted by atomic mass is 35.5. The highest BCUT2D eigenvalue weighted by molar-refractivity contribution is 6.32. The topological polar surface area (TPSA) is 124 Å². The molecule has 47 heavy (non-hydrogen) atoms. The normalized spacial score (nSPS) is 15.9. The van der Waals surface area contributed by atoms with Gasteiger partial charge in [-0.2, -0.15) is 5.26 Å². The van der Waals surface area contributed by atoms with E-state index >= 15 is 0 Å². The van der Waals surface area contributed by atoms with Crippen LogP contribution in [-0.4, -0.2) is 36.3 Å². The van der Waals surface area contributed by atoms with Crippen LogP contribution in [0.1, 0.15) is 42.0 Å². The maximum atomic E-state index is 13.5. The average Bonchev–Trinajstić information content (AvgIpc) is 3.54. The minimum absolute atomic E-state index is 0.0180. The van der Waals surface area contributed by atoms with Crippen molar-refractivity contribution in [3.63, 3.8) is 0 Å². The first-order valence-electron chi connectivity index (χ1n) is 15.6. The molecule has 11 heteroatoms. The number of rotatable bonds is 12. The zero-order chi connectivity index (χ0) is 32.8. The fraction of sp³-hybridized carbons (Fsp3) is 0.306. The zero-order valence-corrected chi connectivity index (χ0v) is 26.7. The predicted molar refractivity (Wildman–Crippen MR) is 176 cm³/mol. The maximum Gasteiger partial charge on any atom is 0.261 e. The smallest absolute Gasteiger partial charge is 0.261 e. The van der Waals surface area contributed by atoms with Gasteiger partial charge in [0, 0.05) is 42.9 Å². The lowest BCUT2D eigenvalue weighted by Gasteiger charge is -2.21. The van der Waals surface area contributed by atoms with Crippen molar-refractivity contribution in [2.75, 3.05) is 19.8 Å². The number of nitrogens with one attached hydrogen (secondary N) is 2. The molecule has 0 bridgehead atoms. The van der Waals surface area contributed by atoms with E-state index < -0.39 is 0 Å². The van der Waals surface area contributed by atoms with Crippen LogP contribution in [0.5, 0.6) is 23.0 Å². The van der Waals surface area contributed by atoms with Gasteiger partial charge in [-0.15, -0.1) is 0 Å². The molecule has 0 saturated carbocycles. The number of hydrogen-bond donors (Lipinski definition) is 2. The third-order valence-corrected chi connectivity index (χ3v) is 8.57. The summed E-state index contributed by atoms with van der Waals surface area (Å²) in [4.78, 5) is 25.1. The average molecular weight is 655 g/mol. The second kappa shape index (κ2) is 14.6. The minimum Gasteiger partial charge on any atom is -0.488 e. The Hall–Kier alpha value is -4.98. The number of nitrogens with zero attached hydrogens (tertiary/aromatic N) is 2. The third-order valence-electron chi connectivity index (χ3n) is 8.28. The van der Waals surface area contributed by atoms with Gasteiger partial charge < -0.3 is 29.6 Å². The van der Waals surface area contributed by atoms with Crippen molar-refractivity contribution >= 4 is 17.5 Å². The summed E-state index contributed by atoms with van der Waals surface area (Å²) in [7, 11) is 0. The van der Waals surface area contributed by atoms with Crippen LogP contribution in [0.3, 0.4) is 0 Å². The molecule has 0 radical (unpaired) electrons. The molecule has 1 saturated heterocycles. The number of halogens is 1. The van der Waals surface area contributed by atoms with Crippen LogP contribution >= 0.6 is 11.6 Å². The van der Waals surface area contributed by atoms with E-state index in [9.17, 15) is 14.9 Å². The van der Waals surface area contributed by atoms with Crippen molar-refractivity contribution in [2.24, 2.45) is 5.92 Å². The van der Waals surface area contributed by atoms with Crippen molar-refractivity contribution in [3.8, 4) is 34.8 Å². The lowest BCUT2D eigenvalue weighted by atomic mass is 10.0.